The summed E-state index contributed by atoms with van der Waals surface area (Å²) in [4.78, 5) is 4.12. The van der Waals surface area contributed by atoms with E-state index in [0.717, 1.165) is 17.2 Å². The number of nitrogens with zero attached hydrogens (tertiary/aromatic N) is 1. The van der Waals surface area contributed by atoms with Crippen molar-refractivity contribution in [1.29, 1.82) is 0 Å². The number of aryl methyl sites for hydroxylation is 1. The number of hydrogen-bond donors (Lipinski definition) is 0. The van der Waals surface area contributed by atoms with E-state index in [1.54, 1.807) is 12.5 Å². The molecule has 0 amide bonds. The van der Waals surface area contributed by atoms with Crippen LogP contribution in [0.5, 0.6) is 5.75 Å². The Labute approximate surface area is 82.3 Å². The largest absolute Gasteiger partial charge is 0.484 e. The quantitative estimate of drug-likeness (QED) is 0.744. The highest BCUT2D eigenvalue weighted by molar-refractivity contribution is 5.19. The van der Waals surface area contributed by atoms with Crippen LogP contribution in [0.3, 0.4) is 0 Å². The maximum absolute atomic E-state index is 5.45. The zero-order chi connectivity index (χ0) is 9.80. The predicted octanol–water partition coefficient (Wildman–Crippen LogP) is 2.56. The summed E-state index contributed by atoms with van der Waals surface area (Å²) in [6, 6.07) is 7.52. The van der Waals surface area contributed by atoms with Crippen molar-refractivity contribution in [3.63, 3.8) is 0 Å². The van der Waals surface area contributed by atoms with Gasteiger partial charge < -0.3 is 9.15 Å². The molecule has 3 heteroatoms. The third kappa shape index (κ3) is 2.13. The second-order valence-corrected chi connectivity index (χ2v) is 3.00. The highest BCUT2D eigenvalue weighted by Gasteiger charge is 1.97. The van der Waals surface area contributed by atoms with Gasteiger partial charge in [-0.3, -0.25) is 4.98 Å². The van der Waals surface area contributed by atoms with E-state index in [4.69, 9.17) is 9.15 Å². The van der Waals surface area contributed by atoms with Crippen LogP contribution in [-0.4, -0.2) is 4.98 Å². The zero-order valence-electron chi connectivity index (χ0n) is 7.93. The van der Waals surface area contributed by atoms with Crippen molar-refractivity contribution in [3.05, 3.63) is 48.2 Å². The van der Waals surface area contributed by atoms with Gasteiger partial charge in [-0.1, -0.05) is 0 Å². The van der Waals surface area contributed by atoms with E-state index < -0.39 is 0 Å². The van der Waals surface area contributed by atoms with Crippen molar-refractivity contribution in [2.24, 2.45) is 0 Å². The molecule has 2 aromatic heterocycles. The van der Waals surface area contributed by atoms with Gasteiger partial charge in [0.25, 0.3) is 0 Å². The van der Waals surface area contributed by atoms with Gasteiger partial charge in [-0.2, -0.15) is 0 Å². The molecule has 0 atom stereocenters. The molecule has 0 saturated heterocycles. The zero-order valence-corrected chi connectivity index (χ0v) is 7.93. The van der Waals surface area contributed by atoms with Crippen LogP contribution in [-0.2, 0) is 6.61 Å². The normalized spacial score (nSPS) is 10.1. The molecule has 0 aliphatic heterocycles. The van der Waals surface area contributed by atoms with Crippen LogP contribution in [0.25, 0.3) is 0 Å². The lowest BCUT2D eigenvalue weighted by atomic mass is 10.4. The topological polar surface area (TPSA) is 35.3 Å². The lowest BCUT2D eigenvalue weighted by Gasteiger charge is -2.03. The van der Waals surface area contributed by atoms with Gasteiger partial charge in [-0.15, -0.1) is 0 Å². The molecule has 14 heavy (non-hydrogen) atoms. The van der Waals surface area contributed by atoms with E-state index >= 15 is 0 Å². The summed E-state index contributed by atoms with van der Waals surface area (Å²) in [5.74, 6) is 1.57. The molecule has 0 aliphatic carbocycles. The molecule has 2 aromatic rings. The van der Waals surface area contributed by atoms with Gasteiger partial charge in [-0.25, -0.2) is 0 Å². The Morgan fingerprint density at radius 1 is 1.36 bits per heavy atom. The number of hydrogen-bond acceptors (Lipinski definition) is 3. The summed E-state index contributed by atoms with van der Waals surface area (Å²) >= 11 is 0. The third-order valence-electron chi connectivity index (χ3n) is 1.85. The first-order chi connectivity index (χ1) is 6.84. The van der Waals surface area contributed by atoms with Crippen LogP contribution in [0.1, 0.15) is 11.5 Å². The van der Waals surface area contributed by atoms with Gasteiger partial charge >= 0.3 is 0 Å². The third-order valence-corrected chi connectivity index (χ3v) is 1.85. The van der Waals surface area contributed by atoms with Crippen molar-refractivity contribution in [3.8, 4) is 5.75 Å². The molecule has 72 valence electrons. The first-order valence-corrected chi connectivity index (χ1v) is 4.42. The van der Waals surface area contributed by atoms with Gasteiger partial charge in [0.2, 0.25) is 0 Å². The molecule has 0 aromatic carbocycles. The molecule has 0 spiro atoms. The number of furan rings is 1. The van der Waals surface area contributed by atoms with Crippen LogP contribution < -0.4 is 4.74 Å². The summed E-state index contributed by atoms with van der Waals surface area (Å²) < 4.78 is 10.6. The number of aromatic nitrogens is 1. The average molecular weight is 189 g/mol. The molecular weight excluding hydrogens is 178 g/mol. The van der Waals surface area contributed by atoms with Crippen LogP contribution in [0.2, 0.25) is 0 Å². The second kappa shape index (κ2) is 3.96. The maximum atomic E-state index is 5.45. The minimum absolute atomic E-state index is 0.442. The molecule has 0 N–H and O–H groups in total. The Morgan fingerprint density at radius 2 is 2.29 bits per heavy atom. The van der Waals surface area contributed by atoms with Crippen molar-refractivity contribution < 1.29 is 9.15 Å². The van der Waals surface area contributed by atoms with Crippen molar-refractivity contribution in [2.45, 2.75) is 13.5 Å². The van der Waals surface area contributed by atoms with Crippen LogP contribution >= 0.6 is 0 Å². The highest BCUT2D eigenvalue weighted by Crippen LogP contribution is 2.11. The predicted molar refractivity (Wildman–Crippen MR) is 52.0 cm³/mol. The van der Waals surface area contributed by atoms with E-state index in [1.165, 1.54) is 0 Å². The minimum Gasteiger partial charge on any atom is -0.484 e. The first-order valence-electron chi connectivity index (χ1n) is 4.42. The van der Waals surface area contributed by atoms with Gasteiger partial charge in [0.05, 0.1) is 12.5 Å². The van der Waals surface area contributed by atoms with E-state index in [-0.39, 0.29) is 0 Å². The molecule has 0 aliphatic rings. The summed E-state index contributed by atoms with van der Waals surface area (Å²) in [6.45, 7) is 2.38. The summed E-state index contributed by atoms with van der Waals surface area (Å²) in [7, 11) is 0. The Balaban J connectivity index is 1.95. The molecule has 0 fully saturated rings. The molecule has 2 heterocycles. The van der Waals surface area contributed by atoms with Crippen molar-refractivity contribution in [1.82, 2.24) is 4.98 Å². The molecule has 3 nitrogen and oxygen atoms in total. The molecule has 0 bridgehead atoms. The Kier molecular flexibility index (Phi) is 2.49. The Bertz CT molecular complexity index is 378. The maximum Gasteiger partial charge on any atom is 0.146 e. The van der Waals surface area contributed by atoms with E-state index in [0.29, 0.717) is 6.61 Å². The summed E-state index contributed by atoms with van der Waals surface area (Å²) in [5, 5.41) is 0. The minimum atomic E-state index is 0.442. The summed E-state index contributed by atoms with van der Waals surface area (Å²) in [6.07, 6.45) is 3.34. The summed E-state index contributed by atoms with van der Waals surface area (Å²) in [5.41, 5.74) is 0.982. The Morgan fingerprint density at radius 3 is 2.93 bits per heavy atom. The van der Waals surface area contributed by atoms with Crippen LogP contribution in [0, 0.1) is 6.92 Å². The number of ether oxygens (including phenoxy) is 1. The fraction of sp³-hybridized carbons (Fsp3) is 0.182. The highest BCUT2D eigenvalue weighted by atomic mass is 16.5. The van der Waals surface area contributed by atoms with Crippen LogP contribution in [0.4, 0.5) is 0 Å². The van der Waals surface area contributed by atoms with Gasteiger partial charge in [-0.05, 0) is 31.2 Å². The molecule has 2 rings (SSSR count). The molecular formula is C11H11NO2. The molecule has 0 radical (unpaired) electrons. The fourth-order valence-corrected chi connectivity index (χ4v) is 1.09. The smallest absolute Gasteiger partial charge is 0.146 e. The monoisotopic (exact) mass is 189 g/mol. The second-order valence-electron chi connectivity index (χ2n) is 3.00. The number of rotatable bonds is 3. The van der Waals surface area contributed by atoms with Crippen molar-refractivity contribution in [2.75, 3.05) is 0 Å². The molecule has 0 saturated carbocycles. The molecule has 0 unspecified atom stereocenters. The first kappa shape index (κ1) is 8.81. The standard InChI is InChI=1S/C11H11NO2/c1-9-4-5-10(7-12-9)14-8-11-3-2-6-13-11/h2-7H,8H2,1H3. The van der Waals surface area contributed by atoms with E-state index in [1.807, 2.05) is 31.2 Å². The lowest BCUT2D eigenvalue weighted by molar-refractivity contribution is 0.269. The van der Waals surface area contributed by atoms with Gasteiger partial charge in [0.1, 0.15) is 18.1 Å². The Hall–Kier alpha value is -1.77. The average Bonchev–Trinajstić information content (AvgIpc) is 2.70. The lowest BCUT2D eigenvalue weighted by Crippen LogP contribution is -1.94. The van der Waals surface area contributed by atoms with E-state index in [9.17, 15) is 0 Å². The van der Waals surface area contributed by atoms with Gasteiger partial charge in [0.15, 0.2) is 0 Å². The number of pyridine rings is 1. The SMILES string of the molecule is Cc1ccc(OCc2ccco2)cn1. The van der Waals surface area contributed by atoms with Gasteiger partial charge in [0, 0.05) is 5.69 Å². The van der Waals surface area contributed by atoms with Crippen LogP contribution in [0.15, 0.2) is 41.1 Å². The van der Waals surface area contributed by atoms with Crippen molar-refractivity contribution >= 4 is 0 Å². The fourth-order valence-electron chi connectivity index (χ4n) is 1.09. The van der Waals surface area contributed by atoms with E-state index in [2.05, 4.69) is 4.98 Å².